The molecular weight excluding hydrogens is 328 g/mol. The lowest BCUT2D eigenvalue weighted by molar-refractivity contribution is 0.483. The first-order chi connectivity index (χ1) is 10.0. The van der Waals surface area contributed by atoms with E-state index in [0.717, 1.165) is 12.1 Å². The zero-order valence-electron chi connectivity index (χ0n) is 11.5. The molecule has 0 aliphatic heterocycles. The maximum atomic E-state index is 12.7. The smallest absolute Gasteiger partial charge is 0.294 e. The number of rotatable bonds is 3. The van der Waals surface area contributed by atoms with E-state index in [9.17, 15) is 16.8 Å². The summed E-state index contributed by atoms with van der Waals surface area (Å²) < 4.78 is 56.9. The molecule has 9 heteroatoms. The van der Waals surface area contributed by atoms with Crippen molar-refractivity contribution in [1.82, 2.24) is 0 Å². The molecule has 2 aromatic rings. The highest BCUT2D eigenvalue weighted by Gasteiger charge is 2.24. The largest absolute Gasteiger partial charge is 0.399 e. The van der Waals surface area contributed by atoms with Crippen LogP contribution in [0.1, 0.15) is 5.56 Å². The molecule has 0 atom stereocenters. The summed E-state index contributed by atoms with van der Waals surface area (Å²) in [5.41, 5.74) is 11.6. The highest BCUT2D eigenvalue weighted by Crippen LogP contribution is 2.30. The number of nitrogens with two attached hydrogens (primary N) is 2. The Hall–Kier alpha value is -2.10. The minimum absolute atomic E-state index is 0.0578. The van der Waals surface area contributed by atoms with Gasteiger partial charge in [0, 0.05) is 11.4 Å². The molecule has 0 amide bonds. The Kier molecular flexibility index (Phi) is 3.90. The van der Waals surface area contributed by atoms with Crippen LogP contribution in [0.4, 0.5) is 11.4 Å². The third-order valence-corrected chi connectivity index (χ3v) is 5.84. The summed E-state index contributed by atoms with van der Waals surface area (Å²) in [5, 5.41) is 0. The van der Waals surface area contributed by atoms with E-state index in [1.807, 2.05) is 0 Å². The van der Waals surface area contributed by atoms with Crippen LogP contribution in [0.15, 0.2) is 51.1 Å². The second-order valence-electron chi connectivity index (χ2n) is 4.69. The van der Waals surface area contributed by atoms with Crippen LogP contribution in [-0.2, 0) is 20.0 Å². The number of sulfone groups is 1. The molecule has 118 valence electrons. The Balaban J connectivity index is 2.79. The van der Waals surface area contributed by atoms with E-state index in [1.165, 1.54) is 31.2 Å². The third kappa shape index (κ3) is 2.91. The average Bonchev–Trinajstić information content (AvgIpc) is 2.40. The first kappa shape index (κ1) is 16.3. The molecule has 7 nitrogen and oxygen atoms in total. The van der Waals surface area contributed by atoms with E-state index in [1.54, 1.807) is 0 Å². The Morgan fingerprint density at radius 2 is 1.59 bits per heavy atom. The van der Waals surface area contributed by atoms with Crippen LogP contribution in [0.5, 0.6) is 0 Å². The van der Waals surface area contributed by atoms with Gasteiger partial charge in [-0.15, -0.1) is 0 Å². The van der Waals surface area contributed by atoms with Crippen molar-refractivity contribution < 1.29 is 21.4 Å². The van der Waals surface area contributed by atoms with Gasteiger partial charge in [0.2, 0.25) is 9.84 Å². The molecule has 0 radical (unpaired) electrons. The monoisotopic (exact) mass is 342 g/mol. The van der Waals surface area contributed by atoms with Crippen LogP contribution >= 0.6 is 0 Å². The fraction of sp³-hybridized carbons (Fsp3) is 0.0769. The summed E-state index contributed by atoms with van der Waals surface area (Å²) in [7, 11) is -8.62. The summed E-state index contributed by atoms with van der Waals surface area (Å²) >= 11 is 0. The van der Waals surface area contributed by atoms with Gasteiger partial charge in [-0.3, -0.25) is 4.55 Å². The molecule has 0 aliphatic rings. The quantitative estimate of drug-likeness (QED) is 0.563. The molecule has 2 aromatic carbocycles. The fourth-order valence-electron chi connectivity index (χ4n) is 1.92. The van der Waals surface area contributed by atoms with E-state index >= 15 is 0 Å². The van der Waals surface area contributed by atoms with Crippen molar-refractivity contribution in [3.8, 4) is 0 Å². The van der Waals surface area contributed by atoms with E-state index < -0.39 is 24.9 Å². The highest BCUT2D eigenvalue weighted by atomic mass is 32.2. The molecule has 0 fully saturated rings. The Bertz CT molecular complexity index is 950. The molecule has 0 aromatic heterocycles. The van der Waals surface area contributed by atoms with Gasteiger partial charge in [0.1, 0.15) is 0 Å². The van der Waals surface area contributed by atoms with Crippen LogP contribution in [0.2, 0.25) is 0 Å². The van der Waals surface area contributed by atoms with Gasteiger partial charge < -0.3 is 11.5 Å². The molecule has 22 heavy (non-hydrogen) atoms. The molecule has 0 spiro atoms. The van der Waals surface area contributed by atoms with Crippen molar-refractivity contribution >= 4 is 31.3 Å². The molecule has 5 N–H and O–H groups in total. The summed E-state index contributed by atoms with van der Waals surface area (Å²) in [6.07, 6.45) is 0. The first-order valence-electron chi connectivity index (χ1n) is 6.02. The summed E-state index contributed by atoms with van der Waals surface area (Å²) in [4.78, 5) is -0.980. The molecule has 0 unspecified atom stereocenters. The van der Waals surface area contributed by atoms with Gasteiger partial charge in [-0.1, -0.05) is 6.07 Å². The van der Waals surface area contributed by atoms with Crippen molar-refractivity contribution in [2.75, 3.05) is 11.5 Å². The van der Waals surface area contributed by atoms with Gasteiger partial charge in [0.15, 0.2) is 0 Å². The lowest BCUT2D eigenvalue weighted by Crippen LogP contribution is -2.09. The molecule has 0 heterocycles. The molecule has 2 rings (SSSR count). The van der Waals surface area contributed by atoms with Crippen molar-refractivity contribution in [2.45, 2.75) is 21.6 Å². The van der Waals surface area contributed by atoms with Crippen molar-refractivity contribution in [1.29, 1.82) is 0 Å². The van der Waals surface area contributed by atoms with Crippen LogP contribution in [0.25, 0.3) is 0 Å². The highest BCUT2D eigenvalue weighted by molar-refractivity contribution is 7.91. The van der Waals surface area contributed by atoms with Gasteiger partial charge >= 0.3 is 0 Å². The number of nitrogen functional groups attached to an aromatic ring is 2. The average molecular weight is 342 g/mol. The van der Waals surface area contributed by atoms with Gasteiger partial charge in [0.05, 0.1) is 14.7 Å². The molecule has 0 bridgehead atoms. The van der Waals surface area contributed by atoms with Crippen LogP contribution in [-0.4, -0.2) is 21.4 Å². The van der Waals surface area contributed by atoms with Gasteiger partial charge in [-0.05, 0) is 42.8 Å². The topological polar surface area (TPSA) is 141 Å². The van der Waals surface area contributed by atoms with Crippen molar-refractivity contribution in [3.05, 3.63) is 42.0 Å². The van der Waals surface area contributed by atoms with Gasteiger partial charge in [-0.2, -0.15) is 8.42 Å². The zero-order valence-corrected chi connectivity index (χ0v) is 13.1. The minimum Gasteiger partial charge on any atom is -0.399 e. The maximum absolute atomic E-state index is 12.7. The fourth-order valence-corrected chi connectivity index (χ4v) is 4.14. The predicted octanol–water partition coefficient (Wildman–Crippen LogP) is 1.24. The van der Waals surface area contributed by atoms with E-state index in [0.29, 0.717) is 0 Å². The Morgan fingerprint density at radius 3 is 2.14 bits per heavy atom. The van der Waals surface area contributed by atoms with Crippen LogP contribution in [0.3, 0.4) is 0 Å². The first-order valence-corrected chi connectivity index (χ1v) is 8.94. The van der Waals surface area contributed by atoms with Crippen molar-refractivity contribution in [2.24, 2.45) is 0 Å². The van der Waals surface area contributed by atoms with E-state index in [4.69, 9.17) is 16.0 Å². The van der Waals surface area contributed by atoms with Crippen LogP contribution in [0, 0.1) is 6.92 Å². The standard InChI is InChI=1S/C13H14N2O5S2/c1-8-12(15)6-11(22(18,19)20)7-13(8)21(16,17)10-4-2-3-9(14)5-10/h2-7H,14-15H2,1H3,(H,18,19,20). The number of benzene rings is 2. The third-order valence-electron chi connectivity index (χ3n) is 3.13. The minimum atomic E-state index is -4.58. The molecule has 0 saturated heterocycles. The summed E-state index contributed by atoms with van der Waals surface area (Å²) in [5.74, 6) is 0. The molecule has 0 aliphatic carbocycles. The zero-order chi connectivity index (χ0) is 16.7. The van der Waals surface area contributed by atoms with Crippen molar-refractivity contribution in [3.63, 3.8) is 0 Å². The molecular formula is C13H14N2O5S2. The second kappa shape index (κ2) is 5.27. The summed E-state index contributed by atoms with van der Waals surface area (Å²) in [6.45, 7) is 1.45. The summed E-state index contributed by atoms with van der Waals surface area (Å²) in [6, 6.07) is 7.46. The van der Waals surface area contributed by atoms with Gasteiger partial charge in [-0.25, -0.2) is 8.42 Å². The number of hydrogen-bond donors (Lipinski definition) is 3. The van der Waals surface area contributed by atoms with Crippen LogP contribution < -0.4 is 11.5 Å². The lowest BCUT2D eigenvalue weighted by atomic mass is 10.2. The van der Waals surface area contributed by atoms with E-state index in [-0.39, 0.29) is 26.7 Å². The predicted molar refractivity (Wildman–Crippen MR) is 81.7 cm³/mol. The number of anilines is 2. The second-order valence-corrected chi connectivity index (χ2v) is 8.03. The SMILES string of the molecule is Cc1c(N)cc(S(=O)(=O)O)cc1S(=O)(=O)c1cccc(N)c1. The Morgan fingerprint density at radius 1 is 0.955 bits per heavy atom. The van der Waals surface area contributed by atoms with E-state index in [2.05, 4.69) is 0 Å². The normalized spacial score (nSPS) is 12.3. The lowest BCUT2D eigenvalue weighted by Gasteiger charge is -2.12. The number of hydrogen-bond acceptors (Lipinski definition) is 6. The maximum Gasteiger partial charge on any atom is 0.294 e. The van der Waals surface area contributed by atoms with Gasteiger partial charge in [0.25, 0.3) is 10.1 Å². The molecule has 0 saturated carbocycles. The Labute approximate surface area is 128 Å².